The third-order valence-electron chi connectivity index (χ3n) is 3.05. The zero-order valence-electron chi connectivity index (χ0n) is 12.4. The molecule has 0 bridgehead atoms. The molecule has 3 N–H and O–H groups in total. The summed E-state index contributed by atoms with van der Waals surface area (Å²) in [6.45, 7) is 4.95. The van der Waals surface area contributed by atoms with Crippen LogP contribution in [0.4, 0.5) is 11.4 Å². The fraction of sp³-hybridized carbons (Fsp3) is 0.312. The highest BCUT2D eigenvalue weighted by Crippen LogP contribution is 2.27. The van der Waals surface area contributed by atoms with Crippen molar-refractivity contribution in [2.45, 2.75) is 31.7 Å². The lowest BCUT2D eigenvalue weighted by atomic mass is 10.3. The molecule has 1 aromatic heterocycles. The van der Waals surface area contributed by atoms with Gasteiger partial charge in [0.1, 0.15) is 5.69 Å². The van der Waals surface area contributed by atoms with Crippen LogP contribution in [-0.2, 0) is 6.54 Å². The van der Waals surface area contributed by atoms with Gasteiger partial charge in [-0.25, -0.2) is 0 Å². The molecule has 4 nitrogen and oxygen atoms in total. The number of nitrogens with two attached hydrogens (primary N) is 1. The van der Waals surface area contributed by atoms with Gasteiger partial charge in [-0.1, -0.05) is 26.0 Å². The predicted molar refractivity (Wildman–Crippen MR) is 89.9 cm³/mol. The molecule has 0 saturated heterocycles. The molecule has 0 fully saturated rings. The first kappa shape index (κ1) is 15.5. The molecule has 0 aliphatic rings. The van der Waals surface area contributed by atoms with Crippen LogP contribution in [0.15, 0.2) is 41.4 Å². The number of hydrogen-bond acceptors (Lipinski definition) is 3. The normalized spacial score (nSPS) is 10.6. The largest absolute Gasteiger partial charge is 0.397 e. The Balaban J connectivity index is 2.22. The Morgan fingerprint density at radius 2 is 2.10 bits per heavy atom. The number of anilines is 2. The molecule has 21 heavy (non-hydrogen) atoms. The standard InChI is InChI=1S/C16H21N3OS/c1-3-9-19-11-12(17)10-14(19)16(20)18-13-7-5-6-8-15(13)21-4-2/h5-8,10-11H,3-4,9,17H2,1-2H3,(H,18,20). The lowest BCUT2D eigenvalue weighted by Gasteiger charge is -2.11. The number of aromatic nitrogens is 1. The van der Waals surface area contributed by atoms with E-state index in [1.807, 2.05) is 35.0 Å². The fourth-order valence-electron chi connectivity index (χ4n) is 2.19. The number of rotatable bonds is 6. The minimum atomic E-state index is -0.121. The van der Waals surface area contributed by atoms with Crippen molar-refractivity contribution in [1.29, 1.82) is 0 Å². The molecule has 0 saturated carbocycles. The van der Waals surface area contributed by atoms with Crippen molar-refractivity contribution >= 4 is 29.0 Å². The third kappa shape index (κ3) is 3.82. The lowest BCUT2D eigenvalue weighted by Crippen LogP contribution is -2.17. The molecular weight excluding hydrogens is 282 g/mol. The first-order chi connectivity index (χ1) is 10.2. The van der Waals surface area contributed by atoms with Gasteiger partial charge in [-0.15, -0.1) is 11.8 Å². The summed E-state index contributed by atoms with van der Waals surface area (Å²) in [6.07, 6.45) is 2.77. The maximum Gasteiger partial charge on any atom is 0.272 e. The first-order valence-corrected chi connectivity index (χ1v) is 8.13. The smallest absolute Gasteiger partial charge is 0.272 e. The molecule has 2 rings (SSSR count). The van der Waals surface area contributed by atoms with Crippen molar-refractivity contribution in [3.05, 3.63) is 42.2 Å². The maximum atomic E-state index is 12.5. The van der Waals surface area contributed by atoms with Crippen molar-refractivity contribution in [1.82, 2.24) is 4.57 Å². The highest BCUT2D eigenvalue weighted by molar-refractivity contribution is 7.99. The van der Waals surface area contributed by atoms with E-state index in [1.54, 1.807) is 17.8 Å². The molecule has 1 amide bonds. The minimum Gasteiger partial charge on any atom is -0.397 e. The zero-order valence-corrected chi connectivity index (χ0v) is 13.2. The van der Waals surface area contributed by atoms with Crippen LogP contribution >= 0.6 is 11.8 Å². The monoisotopic (exact) mass is 303 g/mol. The molecule has 5 heteroatoms. The van der Waals surface area contributed by atoms with Gasteiger partial charge in [-0.05, 0) is 30.4 Å². The fourth-order valence-corrected chi connectivity index (χ4v) is 2.95. The van der Waals surface area contributed by atoms with E-state index in [4.69, 9.17) is 5.73 Å². The number of amides is 1. The molecule has 1 aromatic carbocycles. The molecule has 2 aromatic rings. The molecule has 0 aliphatic heterocycles. The van der Waals surface area contributed by atoms with Gasteiger partial charge in [0.2, 0.25) is 0 Å². The van der Waals surface area contributed by atoms with Gasteiger partial charge in [0.15, 0.2) is 0 Å². The summed E-state index contributed by atoms with van der Waals surface area (Å²) in [7, 11) is 0. The van der Waals surface area contributed by atoms with Crippen LogP contribution in [-0.4, -0.2) is 16.2 Å². The van der Waals surface area contributed by atoms with Gasteiger partial charge in [0.25, 0.3) is 5.91 Å². The van der Waals surface area contributed by atoms with Crippen molar-refractivity contribution < 1.29 is 4.79 Å². The van der Waals surface area contributed by atoms with E-state index in [9.17, 15) is 4.79 Å². The number of para-hydroxylation sites is 1. The van der Waals surface area contributed by atoms with Gasteiger partial charge in [-0.2, -0.15) is 0 Å². The Hall–Kier alpha value is -1.88. The number of aryl methyl sites for hydroxylation is 1. The Bertz CT molecular complexity index is 622. The Morgan fingerprint density at radius 3 is 2.81 bits per heavy atom. The van der Waals surface area contributed by atoms with Crippen LogP contribution in [0.3, 0.4) is 0 Å². The molecule has 0 spiro atoms. The third-order valence-corrected chi connectivity index (χ3v) is 4.01. The number of nitrogens with one attached hydrogen (secondary N) is 1. The lowest BCUT2D eigenvalue weighted by molar-refractivity contribution is 0.101. The molecule has 0 atom stereocenters. The van der Waals surface area contributed by atoms with E-state index in [0.717, 1.165) is 29.3 Å². The summed E-state index contributed by atoms with van der Waals surface area (Å²) < 4.78 is 1.90. The second-order valence-electron chi connectivity index (χ2n) is 4.74. The summed E-state index contributed by atoms with van der Waals surface area (Å²) in [5.41, 5.74) is 7.88. The first-order valence-electron chi connectivity index (χ1n) is 7.14. The van der Waals surface area contributed by atoms with Crippen LogP contribution in [0, 0.1) is 0 Å². The van der Waals surface area contributed by atoms with Crippen molar-refractivity contribution in [2.75, 3.05) is 16.8 Å². The Labute approximate surface area is 129 Å². The minimum absolute atomic E-state index is 0.121. The summed E-state index contributed by atoms with van der Waals surface area (Å²) in [5.74, 6) is 0.843. The number of hydrogen-bond donors (Lipinski definition) is 2. The average Bonchev–Trinajstić information content (AvgIpc) is 2.83. The average molecular weight is 303 g/mol. The molecule has 0 radical (unpaired) electrons. The highest BCUT2D eigenvalue weighted by Gasteiger charge is 2.14. The Morgan fingerprint density at radius 1 is 1.33 bits per heavy atom. The topological polar surface area (TPSA) is 60.0 Å². The zero-order chi connectivity index (χ0) is 15.2. The summed E-state index contributed by atoms with van der Waals surface area (Å²) in [4.78, 5) is 13.6. The predicted octanol–water partition coefficient (Wildman–Crippen LogP) is 3.84. The van der Waals surface area contributed by atoms with E-state index >= 15 is 0 Å². The van der Waals surface area contributed by atoms with Gasteiger partial charge < -0.3 is 15.6 Å². The summed E-state index contributed by atoms with van der Waals surface area (Å²) >= 11 is 1.71. The number of carbonyl (C=O) groups excluding carboxylic acids is 1. The van der Waals surface area contributed by atoms with Crippen molar-refractivity contribution in [3.8, 4) is 0 Å². The summed E-state index contributed by atoms with van der Waals surface area (Å²) in [5, 5.41) is 2.99. The van der Waals surface area contributed by atoms with Crippen LogP contribution in [0.25, 0.3) is 0 Å². The maximum absolute atomic E-state index is 12.5. The van der Waals surface area contributed by atoms with Crippen molar-refractivity contribution in [3.63, 3.8) is 0 Å². The van der Waals surface area contributed by atoms with E-state index in [0.29, 0.717) is 11.4 Å². The second kappa shape index (κ2) is 7.22. The van der Waals surface area contributed by atoms with E-state index in [-0.39, 0.29) is 5.91 Å². The number of carbonyl (C=O) groups is 1. The van der Waals surface area contributed by atoms with E-state index in [1.165, 1.54) is 0 Å². The number of benzene rings is 1. The Kier molecular flexibility index (Phi) is 5.33. The van der Waals surface area contributed by atoms with Gasteiger partial charge in [0, 0.05) is 17.6 Å². The van der Waals surface area contributed by atoms with Crippen LogP contribution in [0.2, 0.25) is 0 Å². The number of nitrogens with zero attached hydrogens (tertiary/aromatic N) is 1. The SMILES string of the molecule is CCCn1cc(N)cc1C(=O)Nc1ccccc1SCC. The van der Waals surface area contributed by atoms with Crippen LogP contribution < -0.4 is 11.1 Å². The van der Waals surface area contributed by atoms with Gasteiger partial charge in [0.05, 0.1) is 11.4 Å². The van der Waals surface area contributed by atoms with E-state index in [2.05, 4.69) is 19.2 Å². The van der Waals surface area contributed by atoms with Crippen LogP contribution in [0.5, 0.6) is 0 Å². The molecule has 112 valence electrons. The highest BCUT2D eigenvalue weighted by atomic mass is 32.2. The van der Waals surface area contributed by atoms with Gasteiger partial charge >= 0.3 is 0 Å². The second-order valence-corrected chi connectivity index (χ2v) is 6.04. The number of thioether (sulfide) groups is 1. The molecule has 1 heterocycles. The quantitative estimate of drug-likeness (QED) is 0.797. The van der Waals surface area contributed by atoms with Crippen LogP contribution in [0.1, 0.15) is 30.8 Å². The van der Waals surface area contributed by atoms with E-state index < -0.39 is 0 Å². The van der Waals surface area contributed by atoms with Crippen molar-refractivity contribution in [2.24, 2.45) is 0 Å². The molecular formula is C16H21N3OS. The molecule has 0 unspecified atom stereocenters. The summed E-state index contributed by atoms with van der Waals surface area (Å²) in [6, 6.07) is 9.57. The number of nitrogen functional groups attached to an aromatic ring is 1. The molecule has 0 aliphatic carbocycles. The van der Waals surface area contributed by atoms with Gasteiger partial charge in [-0.3, -0.25) is 4.79 Å².